The highest BCUT2D eigenvalue weighted by molar-refractivity contribution is 6.31. The molecule has 0 fully saturated rings. The highest BCUT2D eigenvalue weighted by atomic mass is 19.1. The largest absolute Gasteiger partial charge is 0.487 e. The highest BCUT2D eigenvalue weighted by Crippen LogP contribution is 2.33. The standard InChI is InChI=1S/C23H25FN6O3/c1-3-9-28-22(31)19-20(25)16-6-4-5-15(21(16)29-23(19)32)17-10-14(7-8-18(17)24)33-12-13(30-26)11-27-2/h4-8,10-11H,3,9,12,26H2,1-2H3,(H,28,31)(H3,25,29,32)/b27-11?,30-13+. The molecule has 3 rings (SSSR count). The summed E-state index contributed by atoms with van der Waals surface area (Å²) in [6.07, 6.45) is 2.17. The second-order valence-electron chi connectivity index (χ2n) is 7.16. The molecule has 1 aromatic heterocycles. The summed E-state index contributed by atoms with van der Waals surface area (Å²) in [6.45, 7) is 2.34. The number of nitrogens with one attached hydrogen (secondary N) is 2. The zero-order chi connectivity index (χ0) is 24.0. The Balaban J connectivity index is 2.07. The summed E-state index contributed by atoms with van der Waals surface area (Å²) < 4.78 is 20.5. The number of para-hydroxylation sites is 1. The van der Waals surface area contributed by atoms with E-state index in [0.29, 0.717) is 40.9 Å². The monoisotopic (exact) mass is 452 g/mol. The number of H-pyrrole nitrogens is 1. The molecule has 0 bridgehead atoms. The number of aromatic nitrogens is 1. The average molecular weight is 452 g/mol. The van der Waals surface area contributed by atoms with Gasteiger partial charge >= 0.3 is 0 Å². The van der Waals surface area contributed by atoms with Crippen LogP contribution in [0.1, 0.15) is 23.7 Å². The number of hydrogen-bond acceptors (Lipinski definition) is 7. The normalized spacial score (nSPS) is 11.8. The number of fused-ring (bicyclic) bond motifs is 1. The van der Waals surface area contributed by atoms with E-state index in [2.05, 4.69) is 20.4 Å². The molecule has 0 radical (unpaired) electrons. The smallest absolute Gasteiger partial charge is 0.263 e. The van der Waals surface area contributed by atoms with Gasteiger partial charge in [-0.25, -0.2) is 4.39 Å². The molecule has 1 amide bonds. The molecular formula is C23H25FN6O3. The summed E-state index contributed by atoms with van der Waals surface area (Å²) >= 11 is 0. The highest BCUT2D eigenvalue weighted by Gasteiger charge is 2.20. The maximum Gasteiger partial charge on any atom is 0.263 e. The summed E-state index contributed by atoms with van der Waals surface area (Å²) in [5.74, 6) is 4.58. The summed E-state index contributed by atoms with van der Waals surface area (Å²) in [6, 6.07) is 9.20. The maximum atomic E-state index is 14.8. The third kappa shape index (κ3) is 5.00. The van der Waals surface area contributed by atoms with Crippen LogP contribution in [0.3, 0.4) is 0 Å². The molecule has 0 aliphatic carbocycles. The number of halogens is 1. The van der Waals surface area contributed by atoms with Crippen LogP contribution < -0.4 is 27.2 Å². The molecule has 0 saturated carbocycles. The summed E-state index contributed by atoms with van der Waals surface area (Å²) in [4.78, 5) is 31.7. The van der Waals surface area contributed by atoms with Gasteiger partial charge in [-0.2, -0.15) is 5.10 Å². The molecular weight excluding hydrogens is 427 g/mol. The molecule has 172 valence electrons. The molecule has 0 saturated heterocycles. The Labute approximate surface area is 189 Å². The Morgan fingerprint density at radius 2 is 2.06 bits per heavy atom. The molecule has 9 nitrogen and oxygen atoms in total. The first-order chi connectivity index (χ1) is 15.9. The van der Waals surface area contributed by atoms with Crippen molar-refractivity contribution in [2.24, 2.45) is 15.9 Å². The van der Waals surface area contributed by atoms with E-state index in [1.807, 2.05) is 6.92 Å². The van der Waals surface area contributed by atoms with Crippen LogP contribution in [0.15, 0.2) is 51.3 Å². The van der Waals surface area contributed by atoms with Gasteiger partial charge in [0.1, 0.15) is 29.4 Å². The number of rotatable bonds is 8. The van der Waals surface area contributed by atoms with E-state index in [1.54, 1.807) is 25.2 Å². The Hall–Kier alpha value is -4.21. The van der Waals surface area contributed by atoms with Crippen molar-refractivity contribution < 1.29 is 13.9 Å². The van der Waals surface area contributed by atoms with Gasteiger partial charge in [-0.15, -0.1) is 0 Å². The lowest BCUT2D eigenvalue weighted by atomic mass is 9.99. The first kappa shape index (κ1) is 23.5. The quantitative estimate of drug-likeness (QED) is 0.235. The predicted molar refractivity (Wildman–Crippen MR) is 129 cm³/mol. The lowest BCUT2D eigenvalue weighted by Gasteiger charge is -2.13. The average Bonchev–Trinajstić information content (AvgIpc) is 2.81. The fourth-order valence-electron chi connectivity index (χ4n) is 3.34. The van der Waals surface area contributed by atoms with Gasteiger partial charge in [0.25, 0.3) is 11.5 Å². The van der Waals surface area contributed by atoms with Crippen molar-refractivity contribution in [3.8, 4) is 16.9 Å². The second-order valence-corrected chi connectivity index (χ2v) is 7.16. The van der Waals surface area contributed by atoms with E-state index >= 15 is 0 Å². The fraction of sp³-hybridized carbons (Fsp3) is 0.217. The second kappa shape index (κ2) is 10.4. The number of nitrogen functional groups attached to an aromatic ring is 1. The van der Waals surface area contributed by atoms with Crippen LogP contribution in [0.5, 0.6) is 5.75 Å². The van der Waals surface area contributed by atoms with Crippen molar-refractivity contribution in [2.45, 2.75) is 13.3 Å². The number of anilines is 1. The van der Waals surface area contributed by atoms with Crippen LogP contribution in [0.25, 0.3) is 22.0 Å². The molecule has 0 spiro atoms. The van der Waals surface area contributed by atoms with Crippen LogP contribution in [-0.2, 0) is 0 Å². The molecule has 0 atom stereocenters. The molecule has 3 aromatic rings. The molecule has 10 heteroatoms. The summed E-state index contributed by atoms with van der Waals surface area (Å²) in [5, 5.41) is 6.65. The number of amides is 1. The van der Waals surface area contributed by atoms with Crippen LogP contribution >= 0.6 is 0 Å². The Morgan fingerprint density at radius 3 is 2.76 bits per heavy atom. The lowest BCUT2D eigenvalue weighted by Crippen LogP contribution is -2.31. The van der Waals surface area contributed by atoms with Crippen molar-refractivity contribution >= 4 is 34.4 Å². The van der Waals surface area contributed by atoms with Gasteiger partial charge in [-0.3, -0.25) is 14.6 Å². The Morgan fingerprint density at radius 1 is 1.27 bits per heavy atom. The number of hydrazone groups is 1. The predicted octanol–water partition coefficient (Wildman–Crippen LogP) is 2.45. The van der Waals surface area contributed by atoms with Crippen molar-refractivity contribution in [2.75, 3.05) is 25.9 Å². The van der Waals surface area contributed by atoms with Crippen LogP contribution in [0.4, 0.5) is 10.1 Å². The zero-order valence-corrected chi connectivity index (χ0v) is 18.3. The number of ether oxygens (including phenoxy) is 1. The molecule has 0 unspecified atom stereocenters. The van der Waals surface area contributed by atoms with E-state index in [9.17, 15) is 14.0 Å². The SMILES string of the molecule is CCCNC(=O)c1c(N)c2cccc(-c3cc(OC/C(C=NC)=N/N)ccc3F)c2[nH]c1=O. The lowest BCUT2D eigenvalue weighted by molar-refractivity contribution is 0.0953. The van der Waals surface area contributed by atoms with Gasteiger partial charge in [0.15, 0.2) is 0 Å². The van der Waals surface area contributed by atoms with Gasteiger partial charge in [-0.1, -0.05) is 25.1 Å². The van der Waals surface area contributed by atoms with Gasteiger partial charge < -0.3 is 26.6 Å². The van der Waals surface area contributed by atoms with E-state index in [1.165, 1.54) is 24.4 Å². The number of hydrogen-bond donors (Lipinski definition) is 4. The number of aromatic amines is 1. The topological polar surface area (TPSA) is 148 Å². The van der Waals surface area contributed by atoms with Gasteiger partial charge in [-0.05, 0) is 24.6 Å². The molecule has 1 heterocycles. The van der Waals surface area contributed by atoms with Gasteiger partial charge in [0.05, 0.1) is 11.2 Å². The number of carbonyl (C=O) groups is 1. The number of nitrogens with two attached hydrogens (primary N) is 2. The Bertz CT molecular complexity index is 1300. The number of benzene rings is 2. The summed E-state index contributed by atoms with van der Waals surface area (Å²) in [5.41, 5.74) is 6.69. The minimum Gasteiger partial charge on any atom is -0.487 e. The van der Waals surface area contributed by atoms with Gasteiger partial charge in [0, 0.05) is 36.3 Å². The fourth-order valence-corrected chi connectivity index (χ4v) is 3.34. The van der Waals surface area contributed by atoms with E-state index < -0.39 is 17.3 Å². The number of nitrogens with zero attached hydrogens (tertiary/aromatic N) is 2. The summed E-state index contributed by atoms with van der Waals surface area (Å²) in [7, 11) is 1.58. The van der Waals surface area contributed by atoms with Gasteiger partial charge in [0.2, 0.25) is 0 Å². The van der Waals surface area contributed by atoms with E-state index in [4.69, 9.17) is 16.3 Å². The number of aliphatic imine (C=N–C) groups is 1. The third-order valence-corrected chi connectivity index (χ3v) is 4.91. The van der Waals surface area contributed by atoms with Crippen molar-refractivity contribution in [1.82, 2.24) is 10.3 Å². The van der Waals surface area contributed by atoms with Crippen molar-refractivity contribution in [3.05, 3.63) is 58.1 Å². The molecule has 0 aliphatic rings. The molecule has 0 aliphatic heterocycles. The third-order valence-electron chi connectivity index (χ3n) is 4.91. The minimum atomic E-state index is -0.656. The zero-order valence-electron chi connectivity index (χ0n) is 18.3. The first-order valence-corrected chi connectivity index (χ1v) is 10.3. The Kier molecular flexibility index (Phi) is 7.39. The number of pyridine rings is 1. The minimum absolute atomic E-state index is 0.0275. The van der Waals surface area contributed by atoms with Crippen LogP contribution in [0.2, 0.25) is 0 Å². The number of carbonyl (C=O) groups excluding carboxylic acids is 1. The first-order valence-electron chi connectivity index (χ1n) is 10.3. The van der Waals surface area contributed by atoms with E-state index in [-0.39, 0.29) is 23.4 Å². The van der Waals surface area contributed by atoms with Crippen molar-refractivity contribution in [1.29, 1.82) is 0 Å². The van der Waals surface area contributed by atoms with Crippen LogP contribution in [0, 0.1) is 5.82 Å². The molecule has 2 aromatic carbocycles. The van der Waals surface area contributed by atoms with E-state index in [0.717, 1.165) is 0 Å². The maximum absolute atomic E-state index is 14.8. The van der Waals surface area contributed by atoms with Crippen LogP contribution in [-0.4, -0.2) is 43.0 Å². The molecule has 6 N–H and O–H groups in total. The molecule has 33 heavy (non-hydrogen) atoms. The van der Waals surface area contributed by atoms with Crippen molar-refractivity contribution in [3.63, 3.8) is 0 Å².